The number of hydrogen-bond donors (Lipinski definition) is 0. The van der Waals surface area contributed by atoms with E-state index >= 15 is 0 Å². The van der Waals surface area contributed by atoms with Gasteiger partial charge in [-0.15, -0.1) is 0 Å². The number of aryl methyl sites for hydroxylation is 1. The summed E-state index contributed by atoms with van der Waals surface area (Å²) in [5, 5.41) is 1.40. The van der Waals surface area contributed by atoms with E-state index < -0.39 is 0 Å². The topological polar surface area (TPSA) is 0 Å². The fourth-order valence-electron chi connectivity index (χ4n) is 1.80. The Balaban J connectivity index is 2.47. The van der Waals surface area contributed by atoms with Crippen molar-refractivity contribution in [2.45, 2.75) is 11.8 Å². The van der Waals surface area contributed by atoms with Crippen molar-refractivity contribution in [3.8, 4) is 0 Å². The maximum Gasteiger partial charge on any atom is 0.0662 e. The maximum absolute atomic E-state index is 6.23. The molecule has 0 aliphatic carbocycles. The van der Waals surface area contributed by atoms with Crippen LogP contribution in [0.25, 0.3) is 0 Å². The zero-order chi connectivity index (χ0) is 13.3. The molecule has 1 atom stereocenters. The van der Waals surface area contributed by atoms with Crippen molar-refractivity contribution in [3.05, 3.63) is 67.6 Å². The van der Waals surface area contributed by atoms with Crippen LogP contribution < -0.4 is 0 Å². The van der Waals surface area contributed by atoms with Crippen molar-refractivity contribution in [1.82, 2.24) is 0 Å². The van der Waals surface area contributed by atoms with Crippen LogP contribution in [0.2, 0.25) is 10.0 Å². The van der Waals surface area contributed by atoms with Gasteiger partial charge in [-0.2, -0.15) is 0 Å². The number of rotatable bonds is 2. The zero-order valence-electron chi connectivity index (χ0n) is 9.55. The summed E-state index contributed by atoms with van der Waals surface area (Å²) in [6, 6.07) is 11.7. The predicted octanol–water partition coefficient (Wildman–Crippen LogP) is 6.55. The van der Waals surface area contributed by atoms with Gasteiger partial charge in [0.25, 0.3) is 0 Å². The summed E-state index contributed by atoms with van der Waals surface area (Å²) in [5.41, 5.74) is 3.36. The van der Waals surface area contributed by atoms with Gasteiger partial charge in [0.1, 0.15) is 0 Å². The highest BCUT2D eigenvalue weighted by molar-refractivity contribution is 9.10. The van der Waals surface area contributed by atoms with Gasteiger partial charge in [-0.05, 0) is 53.9 Å². The van der Waals surface area contributed by atoms with Gasteiger partial charge in [-0.1, -0.05) is 61.1 Å². The van der Waals surface area contributed by atoms with Crippen LogP contribution in [0, 0.1) is 6.92 Å². The number of alkyl halides is 1. The molecule has 0 fully saturated rings. The molecular formula is C14H10Br2Cl2. The minimum absolute atomic E-state index is 0.0387. The van der Waals surface area contributed by atoms with Gasteiger partial charge in [-0.3, -0.25) is 0 Å². The van der Waals surface area contributed by atoms with Crippen LogP contribution in [0.3, 0.4) is 0 Å². The first-order valence-corrected chi connectivity index (χ1v) is 7.80. The average Bonchev–Trinajstić information content (AvgIpc) is 2.31. The minimum Gasteiger partial charge on any atom is -0.0843 e. The molecule has 0 N–H and O–H groups in total. The number of hydrogen-bond acceptors (Lipinski definition) is 0. The molecule has 0 heterocycles. The van der Waals surface area contributed by atoms with Crippen LogP contribution in [0.1, 0.15) is 21.5 Å². The SMILES string of the molecule is Cc1cc(Br)ccc1C(Br)c1cc(Cl)ccc1Cl. The Bertz CT molecular complexity index is 582. The summed E-state index contributed by atoms with van der Waals surface area (Å²) in [7, 11) is 0. The van der Waals surface area contributed by atoms with Crippen molar-refractivity contribution >= 4 is 55.1 Å². The highest BCUT2D eigenvalue weighted by atomic mass is 79.9. The molecule has 0 saturated heterocycles. The summed E-state index contributed by atoms with van der Waals surface area (Å²) in [6.07, 6.45) is 0. The average molecular weight is 409 g/mol. The van der Waals surface area contributed by atoms with E-state index in [0.717, 1.165) is 10.0 Å². The second-order valence-corrected chi connectivity index (χ2v) is 6.70. The Labute approximate surface area is 134 Å². The predicted molar refractivity (Wildman–Crippen MR) is 86.1 cm³/mol. The van der Waals surface area contributed by atoms with Crippen LogP contribution >= 0.6 is 55.1 Å². The van der Waals surface area contributed by atoms with Crippen molar-refractivity contribution in [1.29, 1.82) is 0 Å². The molecule has 0 amide bonds. The highest BCUT2D eigenvalue weighted by Gasteiger charge is 2.16. The van der Waals surface area contributed by atoms with E-state index in [1.54, 1.807) is 6.07 Å². The first kappa shape index (κ1) is 14.4. The lowest BCUT2D eigenvalue weighted by atomic mass is 10.0. The Morgan fingerprint density at radius 2 is 1.72 bits per heavy atom. The largest absolute Gasteiger partial charge is 0.0843 e. The van der Waals surface area contributed by atoms with E-state index in [1.165, 1.54) is 11.1 Å². The molecule has 1 unspecified atom stereocenters. The van der Waals surface area contributed by atoms with Gasteiger partial charge in [0.15, 0.2) is 0 Å². The van der Waals surface area contributed by atoms with Gasteiger partial charge < -0.3 is 0 Å². The lowest BCUT2D eigenvalue weighted by molar-refractivity contribution is 1.14. The fraction of sp³-hybridized carbons (Fsp3) is 0.143. The Hall–Kier alpha value is -0.0200. The van der Waals surface area contributed by atoms with Crippen molar-refractivity contribution in [2.24, 2.45) is 0 Å². The summed E-state index contributed by atoms with van der Waals surface area (Å²) < 4.78 is 1.07. The van der Waals surface area contributed by atoms with Gasteiger partial charge in [0.05, 0.1) is 4.83 Å². The maximum atomic E-state index is 6.23. The second-order valence-electron chi connectivity index (χ2n) is 4.03. The third kappa shape index (κ3) is 3.11. The van der Waals surface area contributed by atoms with E-state index in [0.29, 0.717) is 10.0 Å². The molecule has 0 aliphatic heterocycles. The van der Waals surface area contributed by atoms with E-state index in [4.69, 9.17) is 23.2 Å². The van der Waals surface area contributed by atoms with Gasteiger partial charge in [-0.25, -0.2) is 0 Å². The third-order valence-corrected chi connectivity index (χ3v) is 4.80. The van der Waals surface area contributed by atoms with Crippen LogP contribution in [0.4, 0.5) is 0 Å². The molecule has 4 heteroatoms. The second kappa shape index (κ2) is 5.96. The molecule has 0 saturated carbocycles. The molecule has 0 aliphatic rings. The highest BCUT2D eigenvalue weighted by Crippen LogP contribution is 2.38. The monoisotopic (exact) mass is 406 g/mol. The lowest BCUT2D eigenvalue weighted by Crippen LogP contribution is -1.97. The standard InChI is InChI=1S/C14H10Br2Cl2/c1-8-6-9(15)2-4-11(8)14(16)12-7-10(17)3-5-13(12)18/h2-7,14H,1H3. The quantitative estimate of drug-likeness (QED) is 0.494. The normalized spacial score (nSPS) is 12.5. The molecule has 0 bridgehead atoms. The minimum atomic E-state index is 0.0387. The molecule has 94 valence electrons. The molecule has 0 aromatic heterocycles. The van der Waals surface area contributed by atoms with Crippen LogP contribution in [-0.4, -0.2) is 0 Å². The Morgan fingerprint density at radius 3 is 2.39 bits per heavy atom. The number of halogens is 4. The number of benzene rings is 2. The summed E-state index contributed by atoms with van der Waals surface area (Å²) in [6.45, 7) is 2.08. The van der Waals surface area contributed by atoms with Gasteiger partial charge in [0, 0.05) is 14.5 Å². The van der Waals surface area contributed by atoms with E-state index in [2.05, 4.69) is 50.9 Å². The van der Waals surface area contributed by atoms with E-state index in [9.17, 15) is 0 Å². The van der Waals surface area contributed by atoms with Crippen molar-refractivity contribution < 1.29 is 0 Å². The molecular weight excluding hydrogens is 399 g/mol. The Kier molecular flexibility index (Phi) is 4.76. The molecule has 2 aromatic carbocycles. The van der Waals surface area contributed by atoms with Crippen molar-refractivity contribution in [3.63, 3.8) is 0 Å². The summed E-state index contributed by atoms with van der Waals surface area (Å²) in [5.74, 6) is 0. The fourth-order valence-corrected chi connectivity index (χ4v) is 3.71. The molecule has 18 heavy (non-hydrogen) atoms. The summed E-state index contributed by atoms with van der Waals surface area (Å²) >= 11 is 19.4. The van der Waals surface area contributed by atoms with Gasteiger partial charge in [0.2, 0.25) is 0 Å². The molecule has 0 nitrogen and oxygen atoms in total. The van der Waals surface area contributed by atoms with Gasteiger partial charge >= 0.3 is 0 Å². The van der Waals surface area contributed by atoms with Crippen LogP contribution in [-0.2, 0) is 0 Å². The zero-order valence-corrected chi connectivity index (χ0v) is 14.2. The molecule has 0 radical (unpaired) electrons. The van der Waals surface area contributed by atoms with E-state index in [1.807, 2.05) is 18.2 Å². The first-order chi connectivity index (χ1) is 8.49. The van der Waals surface area contributed by atoms with Crippen molar-refractivity contribution in [2.75, 3.05) is 0 Å². The third-order valence-electron chi connectivity index (χ3n) is 2.74. The summed E-state index contributed by atoms with van der Waals surface area (Å²) in [4.78, 5) is 0.0387. The van der Waals surface area contributed by atoms with E-state index in [-0.39, 0.29) is 4.83 Å². The molecule has 0 spiro atoms. The van der Waals surface area contributed by atoms with Crippen LogP contribution in [0.5, 0.6) is 0 Å². The molecule has 2 aromatic rings. The Morgan fingerprint density at radius 1 is 1.00 bits per heavy atom. The lowest BCUT2D eigenvalue weighted by Gasteiger charge is -2.15. The first-order valence-electron chi connectivity index (χ1n) is 5.34. The molecule has 2 rings (SSSR count). The smallest absolute Gasteiger partial charge is 0.0662 e. The van der Waals surface area contributed by atoms with Crippen LogP contribution in [0.15, 0.2) is 40.9 Å².